The molecule has 0 unspecified atom stereocenters. The standard InChI is InChI=1S/C13H12N2O.2H3N/c14-11-7-3-1-5-9(11)13(16)10-6-2-4-8-12(10)15;;/h1-8H,14-15H2;2*1H3. The van der Waals surface area contributed by atoms with Gasteiger partial charge in [0.15, 0.2) is 5.78 Å². The lowest BCUT2D eigenvalue weighted by Crippen LogP contribution is -2.07. The van der Waals surface area contributed by atoms with E-state index in [1.807, 2.05) is 0 Å². The van der Waals surface area contributed by atoms with Crippen molar-refractivity contribution in [3.8, 4) is 0 Å². The minimum Gasteiger partial charge on any atom is -0.398 e. The molecule has 0 amide bonds. The summed E-state index contributed by atoms with van der Waals surface area (Å²) < 4.78 is 0. The quantitative estimate of drug-likeness (QED) is 0.476. The number of hydrogen-bond acceptors (Lipinski definition) is 5. The van der Waals surface area contributed by atoms with Gasteiger partial charge in [0.2, 0.25) is 0 Å². The highest BCUT2D eigenvalue weighted by Crippen LogP contribution is 2.19. The predicted octanol–water partition coefficient (Wildman–Crippen LogP) is 2.41. The molecule has 2 aromatic carbocycles. The van der Waals surface area contributed by atoms with Crippen LogP contribution in [0.4, 0.5) is 11.4 Å². The van der Waals surface area contributed by atoms with E-state index in [9.17, 15) is 4.79 Å². The van der Waals surface area contributed by atoms with Gasteiger partial charge in [-0.2, -0.15) is 0 Å². The maximum Gasteiger partial charge on any atom is 0.197 e. The van der Waals surface area contributed by atoms with Gasteiger partial charge in [0.25, 0.3) is 0 Å². The molecule has 2 rings (SSSR count). The van der Waals surface area contributed by atoms with Crippen LogP contribution in [0.3, 0.4) is 0 Å². The van der Waals surface area contributed by atoms with Gasteiger partial charge in [-0.25, -0.2) is 0 Å². The van der Waals surface area contributed by atoms with E-state index >= 15 is 0 Å². The third kappa shape index (κ3) is 2.85. The highest BCUT2D eigenvalue weighted by Gasteiger charge is 2.13. The van der Waals surface area contributed by atoms with E-state index in [0.717, 1.165) is 0 Å². The second kappa shape index (κ2) is 6.39. The van der Waals surface area contributed by atoms with Gasteiger partial charge in [0.05, 0.1) is 0 Å². The molecule has 0 atom stereocenters. The highest BCUT2D eigenvalue weighted by atomic mass is 16.1. The number of anilines is 2. The van der Waals surface area contributed by atoms with E-state index < -0.39 is 0 Å². The molecule has 5 nitrogen and oxygen atoms in total. The van der Waals surface area contributed by atoms with E-state index in [1.165, 1.54) is 0 Å². The Hall–Kier alpha value is -2.37. The SMILES string of the molecule is N.N.Nc1ccccc1C(=O)c1ccccc1N. The number of carbonyl (C=O) groups excluding carboxylic acids is 1. The van der Waals surface area contributed by atoms with E-state index in [4.69, 9.17) is 11.5 Å². The van der Waals surface area contributed by atoms with Crippen molar-refractivity contribution in [1.82, 2.24) is 12.3 Å². The van der Waals surface area contributed by atoms with Crippen LogP contribution in [-0.4, -0.2) is 5.78 Å². The normalized spacial score (nSPS) is 8.89. The average molecular weight is 246 g/mol. The minimum atomic E-state index is -0.142. The van der Waals surface area contributed by atoms with E-state index in [1.54, 1.807) is 48.5 Å². The van der Waals surface area contributed by atoms with Crippen LogP contribution in [0.1, 0.15) is 15.9 Å². The molecule has 0 heterocycles. The van der Waals surface area contributed by atoms with E-state index in [2.05, 4.69) is 0 Å². The minimum absolute atomic E-state index is 0. The van der Waals surface area contributed by atoms with Crippen molar-refractivity contribution >= 4 is 17.2 Å². The zero-order chi connectivity index (χ0) is 11.5. The average Bonchev–Trinajstić information content (AvgIpc) is 2.29. The Balaban J connectivity index is 0.00000144. The number of ketones is 1. The smallest absolute Gasteiger partial charge is 0.197 e. The van der Waals surface area contributed by atoms with Crippen molar-refractivity contribution in [2.24, 2.45) is 0 Å². The number of hydrogen-bond donors (Lipinski definition) is 4. The molecule has 0 saturated heterocycles. The molecule has 0 aromatic heterocycles. The van der Waals surface area contributed by atoms with Gasteiger partial charge in [-0.05, 0) is 24.3 Å². The van der Waals surface area contributed by atoms with Crippen LogP contribution < -0.4 is 23.8 Å². The van der Waals surface area contributed by atoms with Gasteiger partial charge >= 0.3 is 0 Å². The van der Waals surface area contributed by atoms with Gasteiger partial charge in [-0.1, -0.05) is 24.3 Å². The highest BCUT2D eigenvalue weighted by molar-refractivity contribution is 6.14. The summed E-state index contributed by atoms with van der Waals surface area (Å²) >= 11 is 0. The molecule has 18 heavy (non-hydrogen) atoms. The van der Waals surface area contributed by atoms with Crippen molar-refractivity contribution in [1.29, 1.82) is 0 Å². The van der Waals surface area contributed by atoms with Gasteiger partial charge < -0.3 is 23.8 Å². The van der Waals surface area contributed by atoms with Crippen LogP contribution in [-0.2, 0) is 0 Å². The van der Waals surface area contributed by atoms with Crippen LogP contribution in [0.2, 0.25) is 0 Å². The number of benzene rings is 2. The van der Waals surface area contributed by atoms with Crippen molar-refractivity contribution < 1.29 is 4.79 Å². The molecule has 5 heteroatoms. The summed E-state index contributed by atoms with van der Waals surface area (Å²) in [6, 6.07) is 13.9. The first-order valence-electron chi connectivity index (χ1n) is 4.94. The molecule has 0 fully saturated rings. The van der Waals surface area contributed by atoms with Crippen LogP contribution >= 0.6 is 0 Å². The topological polar surface area (TPSA) is 139 Å². The molecule has 2 aromatic rings. The lowest BCUT2D eigenvalue weighted by molar-refractivity contribution is 0.104. The lowest BCUT2D eigenvalue weighted by atomic mass is 10.0. The maximum absolute atomic E-state index is 12.1. The van der Waals surface area contributed by atoms with E-state index in [-0.39, 0.29) is 18.1 Å². The maximum atomic E-state index is 12.1. The van der Waals surface area contributed by atoms with Gasteiger partial charge in [-0.3, -0.25) is 4.79 Å². The Bertz CT molecular complexity index is 493. The van der Waals surface area contributed by atoms with Crippen molar-refractivity contribution in [2.75, 3.05) is 11.5 Å². The fourth-order valence-corrected chi connectivity index (χ4v) is 1.55. The first-order chi connectivity index (χ1) is 7.70. The van der Waals surface area contributed by atoms with Crippen molar-refractivity contribution in [3.05, 3.63) is 59.7 Å². The van der Waals surface area contributed by atoms with Crippen LogP contribution in [0, 0.1) is 0 Å². The Labute approximate surface area is 106 Å². The van der Waals surface area contributed by atoms with Crippen molar-refractivity contribution in [3.63, 3.8) is 0 Å². The monoisotopic (exact) mass is 246 g/mol. The predicted molar refractivity (Wildman–Crippen MR) is 75.2 cm³/mol. The molecule has 0 aliphatic heterocycles. The summed E-state index contributed by atoms with van der Waals surface area (Å²) in [5, 5.41) is 0. The molecule has 0 aliphatic rings. The van der Waals surface area contributed by atoms with Gasteiger partial charge in [0, 0.05) is 22.5 Å². The fourth-order valence-electron chi connectivity index (χ4n) is 1.55. The van der Waals surface area contributed by atoms with Crippen LogP contribution in [0.15, 0.2) is 48.5 Å². The molecule has 0 saturated carbocycles. The Morgan fingerprint density at radius 2 is 1.06 bits per heavy atom. The van der Waals surface area contributed by atoms with Crippen LogP contribution in [0.5, 0.6) is 0 Å². The lowest BCUT2D eigenvalue weighted by Gasteiger charge is -2.06. The summed E-state index contributed by atoms with van der Waals surface area (Å²) in [5.41, 5.74) is 13.4. The molecular weight excluding hydrogens is 228 g/mol. The summed E-state index contributed by atoms with van der Waals surface area (Å²) in [7, 11) is 0. The number of rotatable bonds is 2. The largest absolute Gasteiger partial charge is 0.398 e. The molecular formula is C13H18N4O. The van der Waals surface area contributed by atoms with Crippen molar-refractivity contribution in [2.45, 2.75) is 0 Å². The Kier molecular flexibility index (Phi) is 5.55. The van der Waals surface area contributed by atoms with Crippen LogP contribution in [0.25, 0.3) is 0 Å². The molecule has 0 radical (unpaired) electrons. The zero-order valence-corrected chi connectivity index (χ0v) is 10.1. The second-order valence-electron chi connectivity index (χ2n) is 3.50. The third-order valence-corrected chi connectivity index (χ3v) is 2.41. The van der Waals surface area contributed by atoms with E-state index in [0.29, 0.717) is 22.5 Å². The Morgan fingerprint density at radius 1 is 0.722 bits per heavy atom. The number of carbonyl (C=O) groups is 1. The first kappa shape index (κ1) is 15.6. The number of nitrogens with two attached hydrogens (primary N) is 2. The molecule has 96 valence electrons. The number of para-hydroxylation sites is 2. The Morgan fingerprint density at radius 3 is 1.39 bits per heavy atom. The molecule has 10 N–H and O–H groups in total. The summed E-state index contributed by atoms with van der Waals surface area (Å²) in [5.74, 6) is -0.142. The zero-order valence-electron chi connectivity index (χ0n) is 10.1. The first-order valence-corrected chi connectivity index (χ1v) is 4.94. The second-order valence-corrected chi connectivity index (χ2v) is 3.50. The third-order valence-electron chi connectivity index (χ3n) is 2.41. The van der Waals surface area contributed by atoms with Gasteiger partial charge in [0.1, 0.15) is 0 Å². The molecule has 0 spiro atoms. The number of nitrogen functional groups attached to an aromatic ring is 2. The molecule has 0 aliphatic carbocycles. The fraction of sp³-hybridized carbons (Fsp3) is 0. The molecule has 0 bridgehead atoms. The van der Waals surface area contributed by atoms with Gasteiger partial charge in [-0.15, -0.1) is 0 Å². The summed E-state index contributed by atoms with van der Waals surface area (Å²) in [6.45, 7) is 0. The summed E-state index contributed by atoms with van der Waals surface area (Å²) in [4.78, 5) is 12.1. The summed E-state index contributed by atoms with van der Waals surface area (Å²) in [6.07, 6.45) is 0.